The van der Waals surface area contributed by atoms with Crippen LogP contribution in [0.2, 0.25) is 0 Å². The molecule has 6 nitrogen and oxygen atoms in total. The van der Waals surface area contributed by atoms with E-state index in [2.05, 4.69) is 33.9 Å². The van der Waals surface area contributed by atoms with E-state index in [0.29, 0.717) is 5.92 Å². The second kappa shape index (κ2) is 6.02. The summed E-state index contributed by atoms with van der Waals surface area (Å²) in [7, 11) is 2.19. The molecule has 21 heavy (non-hydrogen) atoms. The Balaban J connectivity index is 1.84. The van der Waals surface area contributed by atoms with Gasteiger partial charge < -0.3 is 19.4 Å². The molecule has 0 saturated carbocycles. The molecule has 6 heteroatoms. The van der Waals surface area contributed by atoms with E-state index in [1.165, 1.54) is 0 Å². The first kappa shape index (κ1) is 14.9. The van der Waals surface area contributed by atoms with Crippen LogP contribution >= 0.6 is 0 Å². The molecule has 0 radical (unpaired) electrons. The highest BCUT2D eigenvalue weighted by Gasteiger charge is 2.53. The van der Waals surface area contributed by atoms with E-state index < -0.39 is 0 Å². The third kappa shape index (κ3) is 2.72. The van der Waals surface area contributed by atoms with Gasteiger partial charge >= 0.3 is 0 Å². The zero-order chi connectivity index (χ0) is 14.9. The Hall–Kier alpha value is -0.980. The van der Waals surface area contributed by atoms with Crippen molar-refractivity contribution in [2.24, 2.45) is 5.92 Å². The van der Waals surface area contributed by atoms with Crippen LogP contribution in [0.1, 0.15) is 31.5 Å². The molecule has 2 aliphatic heterocycles. The molecule has 0 aromatic carbocycles. The SMILES string of the molecule is CCc1noc([C@@]23CCN(C)C[C@@H]2CN(CCCO)C3)n1. The van der Waals surface area contributed by atoms with Gasteiger partial charge in [-0.3, -0.25) is 0 Å². The van der Waals surface area contributed by atoms with E-state index in [0.717, 1.165) is 63.7 Å². The Morgan fingerprint density at radius 3 is 3.00 bits per heavy atom. The summed E-state index contributed by atoms with van der Waals surface area (Å²) in [6.07, 6.45) is 2.73. The molecular formula is C15H26N4O2. The van der Waals surface area contributed by atoms with Crippen LogP contribution < -0.4 is 0 Å². The standard InChI is InChI=1S/C15H26N4O2/c1-3-13-16-14(21-17-13)15-5-7-18(2)9-12(15)10-19(11-15)6-4-8-20/h12,20H,3-11H2,1-2H3/t12-,15-/m1/s1. The fourth-order valence-electron chi connectivity index (χ4n) is 3.87. The smallest absolute Gasteiger partial charge is 0.234 e. The Bertz CT molecular complexity index is 478. The number of piperidine rings is 1. The Labute approximate surface area is 126 Å². The van der Waals surface area contributed by atoms with Crippen LogP contribution in [0.3, 0.4) is 0 Å². The summed E-state index contributed by atoms with van der Waals surface area (Å²) in [4.78, 5) is 9.51. The van der Waals surface area contributed by atoms with E-state index in [-0.39, 0.29) is 12.0 Å². The van der Waals surface area contributed by atoms with Crippen molar-refractivity contribution >= 4 is 0 Å². The highest BCUT2D eigenvalue weighted by Crippen LogP contribution is 2.44. The molecule has 3 rings (SSSR count). The van der Waals surface area contributed by atoms with Crippen LogP contribution in [0.4, 0.5) is 0 Å². The number of hydrogen-bond donors (Lipinski definition) is 1. The molecule has 0 unspecified atom stereocenters. The zero-order valence-corrected chi connectivity index (χ0v) is 13.1. The second-order valence-electron chi connectivity index (χ2n) is 6.55. The van der Waals surface area contributed by atoms with Gasteiger partial charge in [-0.1, -0.05) is 12.1 Å². The van der Waals surface area contributed by atoms with Crippen molar-refractivity contribution in [1.29, 1.82) is 0 Å². The highest BCUT2D eigenvalue weighted by atomic mass is 16.5. The molecule has 1 aromatic heterocycles. The fraction of sp³-hybridized carbons (Fsp3) is 0.867. The van der Waals surface area contributed by atoms with Crippen LogP contribution in [-0.4, -0.2) is 71.4 Å². The lowest BCUT2D eigenvalue weighted by Crippen LogP contribution is -2.48. The molecule has 0 aliphatic carbocycles. The number of aryl methyl sites for hydroxylation is 1. The van der Waals surface area contributed by atoms with Crippen molar-refractivity contribution in [3.63, 3.8) is 0 Å². The Morgan fingerprint density at radius 2 is 2.29 bits per heavy atom. The first-order valence-corrected chi connectivity index (χ1v) is 8.03. The Kier molecular flexibility index (Phi) is 4.28. The first-order chi connectivity index (χ1) is 10.2. The largest absolute Gasteiger partial charge is 0.396 e. The summed E-state index contributed by atoms with van der Waals surface area (Å²) in [6.45, 7) is 7.47. The van der Waals surface area contributed by atoms with E-state index in [4.69, 9.17) is 9.63 Å². The maximum atomic E-state index is 9.07. The number of nitrogens with zero attached hydrogens (tertiary/aromatic N) is 4. The van der Waals surface area contributed by atoms with Gasteiger partial charge in [-0.05, 0) is 32.4 Å². The van der Waals surface area contributed by atoms with Crippen molar-refractivity contribution < 1.29 is 9.63 Å². The van der Waals surface area contributed by atoms with Crippen LogP contribution in [0.25, 0.3) is 0 Å². The van der Waals surface area contributed by atoms with Gasteiger partial charge in [0.15, 0.2) is 5.82 Å². The lowest BCUT2D eigenvalue weighted by Gasteiger charge is -2.39. The topological polar surface area (TPSA) is 65.6 Å². The van der Waals surface area contributed by atoms with Gasteiger partial charge in [0.05, 0.1) is 5.41 Å². The van der Waals surface area contributed by atoms with Crippen molar-refractivity contribution in [1.82, 2.24) is 19.9 Å². The average Bonchev–Trinajstić information content (AvgIpc) is 3.09. The minimum atomic E-state index is 0.0163. The van der Waals surface area contributed by atoms with Crippen molar-refractivity contribution in [3.05, 3.63) is 11.7 Å². The van der Waals surface area contributed by atoms with Crippen molar-refractivity contribution in [3.8, 4) is 0 Å². The molecule has 118 valence electrons. The van der Waals surface area contributed by atoms with E-state index >= 15 is 0 Å². The molecule has 1 N–H and O–H groups in total. The van der Waals surface area contributed by atoms with Gasteiger partial charge in [-0.15, -0.1) is 0 Å². The van der Waals surface area contributed by atoms with E-state index in [9.17, 15) is 0 Å². The number of aliphatic hydroxyl groups is 1. The monoisotopic (exact) mass is 294 g/mol. The minimum absolute atomic E-state index is 0.0163. The number of rotatable bonds is 5. The van der Waals surface area contributed by atoms with Gasteiger partial charge in [0.2, 0.25) is 5.89 Å². The van der Waals surface area contributed by atoms with Crippen LogP contribution in [0.5, 0.6) is 0 Å². The first-order valence-electron chi connectivity index (χ1n) is 8.03. The molecule has 2 aliphatic rings. The number of hydrogen-bond acceptors (Lipinski definition) is 6. The van der Waals surface area contributed by atoms with E-state index in [1.54, 1.807) is 0 Å². The van der Waals surface area contributed by atoms with Gasteiger partial charge in [-0.25, -0.2) is 0 Å². The van der Waals surface area contributed by atoms with Crippen molar-refractivity contribution in [2.45, 2.75) is 31.6 Å². The summed E-state index contributed by atoms with van der Waals surface area (Å²) in [6, 6.07) is 0. The van der Waals surface area contributed by atoms with Crippen LogP contribution in [0.15, 0.2) is 4.52 Å². The molecule has 2 fully saturated rings. The van der Waals surface area contributed by atoms with Crippen molar-refractivity contribution in [2.75, 3.05) is 46.4 Å². The number of fused-ring (bicyclic) bond motifs is 1. The fourth-order valence-corrected chi connectivity index (χ4v) is 3.87. The normalized spacial score (nSPS) is 30.7. The van der Waals surface area contributed by atoms with Crippen LogP contribution in [-0.2, 0) is 11.8 Å². The van der Waals surface area contributed by atoms with Gasteiger partial charge in [0.1, 0.15) is 0 Å². The lowest BCUT2D eigenvalue weighted by atomic mass is 9.72. The van der Waals surface area contributed by atoms with Gasteiger partial charge in [0.25, 0.3) is 0 Å². The zero-order valence-electron chi connectivity index (χ0n) is 13.1. The maximum Gasteiger partial charge on any atom is 0.234 e. The molecule has 0 spiro atoms. The molecule has 0 amide bonds. The van der Waals surface area contributed by atoms with Gasteiger partial charge in [-0.2, -0.15) is 4.98 Å². The number of aliphatic hydroxyl groups excluding tert-OH is 1. The van der Waals surface area contributed by atoms with E-state index in [1.807, 2.05) is 0 Å². The third-order valence-corrected chi connectivity index (χ3v) is 5.08. The summed E-state index contributed by atoms with van der Waals surface area (Å²) in [5.74, 6) is 2.19. The summed E-state index contributed by atoms with van der Waals surface area (Å²) >= 11 is 0. The molecule has 1 aromatic rings. The molecule has 2 saturated heterocycles. The van der Waals surface area contributed by atoms with Crippen LogP contribution in [0, 0.1) is 5.92 Å². The molecule has 2 atom stereocenters. The predicted octanol–water partition coefficient (Wildman–Crippen LogP) is 0.520. The summed E-state index contributed by atoms with van der Waals surface area (Å²) < 4.78 is 5.63. The summed E-state index contributed by atoms with van der Waals surface area (Å²) in [5.41, 5.74) is 0.0163. The lowest BCUT2D eigenvalue weighted by molar-refractivity contribution is 0.118. The average molecular weight is 294 g/mol. The molecule has 3 heterocycles. The predicted molar refractivity (Wildman–Crippen MR) is 79.1 cm³/mol. The third-order valence-electron chi connectivity index (χ3n) is 5.08. The number of likely N-dealkylation sites (tertiary alicyclic amines) is 2. The Morgan fingerprint density at radius 1 is 1.43 bits per heavy atom. The summed E-state index contributed by atoms with van der Waals surface area (Å²) in [5, 5.41) is 13.2. The highest BCUT2D eigenvalue weighted by molar-refractivity contribution is 5.17. The minimum Gasteiger partial charge on any atom is -0.396 e. The second-order valence-corrected chi connectivity index (χ2v) is 6.55. The van der Waals surface area contributed by atoms with Gasteiger partial charge in [0, 0.05) is 39.2 Å². The molecule has 0 bridgehead atoms. The number of aromatic nitrogens is 2. The molecular weight excluding hydrogens is 268 g/mol. The maximum absolute atomic E-state index is 9.07. The quantitative estimate of drug-likeness (QED) is 0.854.